The van der Waals surface area contributed by atoms with Crippen molar-refractivity contribution in [2.45, 2.75) is 66.7 Å². The number of ether oxygens (including phenoxy) is 1. The fourth-order valence-corrected chi connectivity index (χ4v) is 8.29. The summed E-state index contributed by atoms with van der Waals surface area (Å²) in [6, 6.07) is 40.5. The number of hydrogen-bond acceptors (Lipinski definition) is 1. The van der Waals surface area contributed by atoms with Crippen molar-refractivity contribution in [1.29, 1.82) is 0 Å². The Balaban J connectivity index is 1.04. The van der Waals surface area contributed by atoms with Crippen LogP contribution in [0.15, 0.2) is 151 Å². The van der Waals surface area contributed by atoms with E-state index in [0.29, 0.717) is 6.61 Å². The van der Waals surface area contributed by atoms with Crippen LogP contribution in [0.5, 0.6) is 0 Å². The molecular formula is C50H50N2O+2. The standard InChI is InChI=1S/C50H50N2O/c1-33(18-24-47-43-22-21-38(36-13-9-8-10-14-36)29-46(43)48-30-40(31-52(47)48)50(4,5)6)27-35(3)53-32-39-19-17-34(2)28-45(39)49-44-23-20-37-15-11-12-16-41(37)42(44)25-26-51(49)7/h8-23,25-31,47-48H,24,32H2,1-7H3/q+2. The molecule has 0 radical (unpaired) electrons. The van der Waals surface area contributed by atoms with Gasteiger partial charge < -0.3 is 4.74 Å². The molecule has 0 saturated carbocycles. The maximum absolute atomic E-state index is 6.51. The van der Waals surface area contributed by atoms with Gasteiger partial charge in [-0.2, -0.15) is 0 Å². The molecule has 0 spiro atoms. The van der Waals surface area contributed by atoms with Gasteiger partial charge >= 0.3 is 0 Å². The van der Waals surface area contributed by atoms with Crippen molar-refractivity contribution in [3.63, 3.8) is 0 Å². The first kappa shape index (κ1) is 34.5. The number of benzene rings is 5. The zero-order valence-corrected chi connectivity index (χ0v) is 32.2. The third kappa shape index (κ3) is 6.66. The highest BCUT2D eigenvalue weighted by molar-refractivity contribution is 6.10. The monoisotopic (exact) mass is 694 g/mol. The molecule has 264 valence electrons. The minimum absolute atomic E-state index is 0.103. The van der Waals surface area contributed by atoms with Gasteiger partial charge in [0.05, 0.1) is 16.7 Å². The van der Waals surface area contributed by atoms with Gasteiger partial charge in [0.1, 0.15) is 13.7 Å². The summed E-state index contributed by atoms with van der Waals surface area (Å²) in [5, 5.41) is 5.06. The number of rotatable bonds is 8. The quantitative estimate of drug-likeness (QED) is 0.0670. The molecule has 3 heteroatoms. The van der Waals surface area contributed by atoms with Crippen LogP contribution in [0.2, 0.25) is 0 Å². The summed E-state index contributed by atoms with van der Waals surface area (Å²) in [7, 11) is 2.14. The third-order valence-electron chi connectivity index (χ3n) is 11.2. The van der Waals surface area contributed by atoms with Gasteiger partial charge in [0.2, 0.25) is 5.69 Å². The lowest BCUT2D eigenvalue weighted by Crippen LogP contribution is -2.31. The van der Waals surface area contributed by atoms with Crippen molar-refractivity contribution in [3.8, 4) is 22.4 Å². The van der Waals surface area contributed by atoms with Crippen molar-refractivity contribution in [3.05, 3.63) is 173 Å². The van der Waals surface area contributed by atoms with Crippen LogP contribution in [0.3, 0.4) is 0 Å². The van der Waals surface area contributed by atoms with Crippen molar-refractivity contribution in [2.24, 2.45) is 12.5 Å². The molecule has 2 atom stereocenters. The highest BCUT2D eigenvalue weighted by Gasteiger charge is 2.45. The smallest absolute Gasteiger partial charge is 0.220 e. The number of allylic oxidation sites excluding steroid dienone is 4. The molecule has 8 rings (SSSR count). The van der Waals surface area contributed by atoms with Crippen molar-refractivity contribution in [1.82, 2.24) is 0 Å². The van der Waals surface area contributed by atoms with Crippen molar-refractivity contribution < 1.29 is 13.9 Å². The zero-order valence-electron chi connectivity index (χ0n) is 32.2. The van der Waals surface area contributed by atoms with E-state index in [1.165, 1.54) is 77.3 Å². The van der Waals surface area contributed by atoms with E-state index in [4.69, 9.17) is 4.74 Å². The highest BCUT2D eigenvalue weighted by Crippen LogP contribution is 2.47. The lowest BCUT2D eigenvalue weighted by atomic mass is 9.86. The lowest BCUT2D eigenvalue weighted by Gasteiger charge is -2.16. The number of aryl methyl sites for hydroxylation is 2. The second kappa shape index (κ2) is 13.8. The number of nitrogens with zero attached hydrogens (tertiary/aromatic N) is 2. The second-order valence-electron chi connectivity index (χ2n) is 16.0. The molecule has 2 aliphatic heterocycles. The van der Waals surface area contributed by atoms with Gasteiger partial charge in [-0.25, -0.2) is 9.14 Å². The minimum atomic E-state index is 0.103. The highest BCUT2D eigenvalue weighted by atomic mass is 16.5. The van der Waals surface area contributed by atoms with Gasteiger partial charge in [0.15, 0.2) is 24.5 Å². The van der Waals surface area contributed by atoms with Crippen LogP contribution in [0, 0.1) is 12.3 Å². The molecule has 0 aliphatic carbocycles. The second-order valence-corrected chi connectivity index (χ2v) is 16.0. The molecule has 2 unspecified atom stereocenters. The molecule has 3 heterocycles. The summed E-state index contributed by atoms with van der Waals surface area (Å²) in [6.07, 6.45) is 12.6. The number of pyridine rings is 1. The minimum Gasteiger partial charge on any atom is -0.494 e. The van der Waals surface area contributed by atoms with Crippen LogP contribution in [-0.4, -0.2) is 10.8 Å². The SMILES string of the molecule is CC(=CCC1c2ccc(-c3ccccc3)cc2C2C=C(C(C)(C)C)C=[N+]21)C=C(C)OCc1ccc(C)cc1-c1c2ccc3ccccc3c2cc[n+]1C. The summed E-state index contributed by atoms with van der Waals surface area (Å²) < 4.78 is 11.3. The average molecular weight is 695 g/mol. The van der Waals surface area contributed by atoms with E-state index in [0.717, 1.165) is 12.2 Å². The fraction of sp³-hybridized carbons (Fsp3) is 0.240. The maximum atomic E-state index is 6.51. The molecule has 0 bridgehead atoms. The molecule has 5 aromatic carbocycles. The van der Waals surface area contributed by atoms with E-state index in [1.54, 1.807) is 0 Å². The van der Waals surface area contributed by atoms with E-state index in [1.807, 2.05) is 0 Å². The predicted molar refractivity (Wildman–Crippen MR) is 221 cm³/mol. The molecule has 6 aromatic rings. The van der Waals surface area contributed by atoms with Crippen LogP contribution in [0.25, 0.3) is 43.9 Å². The Kier molecular flexibility index (Phi) is 8.98. The number of fused-ring (bicyclic) bond motifs is 6. The molecule has 2 aliphatic rings. The van der Waals surface area contributed by atoms with Gasteiger partial charge in [0.25, 0.3) is 0 Å². The van der Waals surface area contributed by atoms with Gasteiger partial charge in [-0.3, -0.25) is 0 Å². The van der Waals surface area contributed by atoms with Crippen LogP contribution in [0.4, 0.5) is 0 Å². The fourth-order valence-electron chi connectivity index (χ4n) is 8.29. The van der Waals surface area contributed by atoms with Gasteiger partial charge in [-0.15, -0.1) is 0 Å². The van der Waals surface area contributed by atoms with E-state index in [9.17, 15) is 0 Å². The molecule has 1 aromatic heterocycles. The molecule has 3 nitrogen and oxygen atoms in total. The molecule has 53 heavy (non-hydrogen) atoms. The maximum Gasteiger partial charge on any atom is 0.220 e. The first-order chi connectivity index (χ1) is 25.5. The van der Waals surface area contributed by atoms with E-state index < -0.39 is 0 Å². The molecular weight excluding hydrogens is 645 g/mol. The summed E-state index contributed by atoms with van der Waals surface area (Å²) in [5.74, 6) is 0.917. The van der Waals surface area contributed by atoms with E-state index >= 15 is 0 Å². The first-order valence-corrected chi connectivity index (χ1v) is 19.0. The predicted octanol–water partition coefficient (Wildman–Crippen LogP) is 12.1. The molecule has 0 fully saturated rings. The Morgan fingerprint density at radius 2 is 1.57 bits per heavy atom. The molecule has 0 amide bonds. The summed E-state index contributed by atoms with van der Waals surface area (Å²) in [6.45, 7) is 13.9. The normalized spacial score (nSPS) is 17.2. The van der Waals surface area contributed by atoms with Crippen LogP contribution < -0.4 is 4.57 Å². The number of aromatic nitrogens is 1. The Bertz CT molecular complexity index is 2510. The average Bonchev–Trinajstić information content (AvgIpc) is 3.72. The zero-order chi connectivity index (χ0) is 36.9. The van der Waals surface area contributed by atoms with E-state index in [2.05, 4.69) is 198 Å². The molecule has 0 N–H and O–H groups in total. The summed E-state index contributed by atoms with van der Waals surface area (Å²) >= 11 is 0. The van der Waals surface area contributed by atoms with Gasteiger partial charge in [0, 0.05) is 40.1 Å². The van der Waals surface area contributed by atoms with Gasteiger partial charge in [-0.1, -0.05) is 123 Å². The summed E-state index contributed by atoms with van der Waals surface area (Å²) in [5.41, 5.74) is 13.0. The first-order valence-electron chi connectivity index (χ1n) is 19.0. The van der Waals surface area contributed by atoms with Gasteiger partial charge in [-0.05, 0) is 78.4 Å². The van der Waals surface area contributed by atoms with Crippen molar-refractivity contribution >= 4 is 27.8 Å². The van der Waals surface area contributed by atoms with Crippen molar-refractivity contribution in [2.75, 3.05) is 0 Å². The van der Waals surface area contributed by atoms with E-state index in [-0.39, 0.29) is 17.5 Å². The third-order valence-corrected chi connectivity index (χ3v) is 11.2. The Labute approximate surface area is 314 Å². The summed E-state index contributed by atoms with van der Waals surface area (Å²) in [4.78, 5) is 0. The Hall–Kier alpha value is -5.54. The van der Waals surface area contributed by atoms with Crippen LogP contribution in [0.1, 0.15) is 75.4 Å². The Morgan fingerprint density at radius 3 is 2.38 bits per heavy atom. The number of hydrogen-bond donors (Lipinski definition) is 0. The largest absolute Gasteiger partial charge is 0.494 e. The molecule has 0 saturated heterocycles. The topological polar surface area (TPSA) is 16.1 Å². The Morgan fingerprint density at radius 1 is 0.774 bits per heavy atom. The van der Waals surface area contributed by atoms with Crippen LogP contribution in [-0.2, 0) is 18.4 Å². The van der Waals surface area contributed by atoms with Crippen LogP contribution >= 0.6 is 0 Å². The lowest BCUT2D eigenvalue weighted by molar-refractivity contribution is -0.659.